The van der Waals surface area contributed by atoms with Crippen LogP contribution in [0.25, 0.3) is 0 Å². The molecule has 2 N–H and O–H groups in total. The molecule has 0 fully saturated rings. The summed E-state index contributed by atoms with van der Waals surface area (Å²) in [5, 5.41) is 0. The van der Waals surface area contributed by atoms with Crippen LogP contribution in [0.5, 0.6) is 0 Å². The molecular formula is C7H14O4. The number of Topliss-reactive ketones (excluding diaryl/α,β-unsaturated/α-hetero) is 1. The lowest BCUT2D eigenvalue weighted by atomic mass is 10.1. The van der Waals surface area contributed by atoms with Gasteiger partial charge in [-0.2, -0.15) is 0 Å². The smallest absolute Gasteiger partial charge is 0.315 e. The van der Waals surface area contributed by atoms with Crippen molar-refractivity contribution in [1.29, 1.82) is 0 Å². The quantitative estimate of drug-likeness (QED) is 0.431. The van der Waals surface area contributed by atoms with Gasteiger partial charge in [-0.25, -0.2) is 0 Å². The van der Waals surface area contributed by atoms with E-state index in [2.05, 4.69) is 4.74 Å². The first-order chi connectivity index (χ1) is 4.63. The van der Waals surface area contributed by atoms with Crippen molar-refractivity contribution in [1.82, 2.24) is 0 Å². The average Bonchev–Trinajstić information content (AvgIpc) is 2.00. The summed E-state index contributed by atoms with van der Waals surface area (Å²) in [7, 11) is 1.28. The molecule has 0 aromatic heterocycles. The standard InChI is InChI=1S/C7H12O3.H2O/c1-4-6(8)5(2)7(9)10-3;/h5H,4H2,1-3H3;1H2. The largest absolute Gasteiger partial charge is 0.468 e. The molecule has 0 aliphatic rings. The van der Waals surface area contributed by atoms with Crippen molar-refractivity contribution in [3.63, 3.8) is 0 Å². The zero-order valence-electron chi connectivity index (χ0n) is 7.01. The summed E-state index contributed by atoms with van der Waals surface area (Å²) >= 11 is 0. The van der Waals surface area contributed by atoms with Crippen LogP contribution in [0.1, 0.15) is 20.3 Å². The van der Waals surface area contributed by atoms with E-state index in [9.17, 15) is 9.59 Å². The molecule has 0 radical (unpaired) electrons. The van der Waals surface area contributed by atoms with E-state index in [0.29, 0.717) is 6.42 Å². The Balaban J connectivity index is 0. The van der Waals surface area contributed by atoms with Crippen LogP contribution in [-0.4, -0.2) is 24.3 Å². The van der Waals surface area contributed by atoms with Gasteiger partial charge < -0.3 is 10.2 Å². The highest BCUT2D eigenvalue weighted by Gasteiger charge is 2.19. The second kappa shape index (κ2) is 5.85. The van der Waals surface area contributed by atoms with Crippen molar-refractivity contribution in [2.24, 2.45) is 5.92 Å². The first kappa shape index (κ1) is 12.7. The third kappa shape index (κ3) is 3.72. The van der Waals surface area contributed by atoms with Crippen LogP contribution < -0.4 is 0 Å². The highest BCUT2D eigenvalue weighted by molar-refractivity contribution is 5.98. The first-order valence-electron chi connectivity index (χ1n) is 3.24. The number of ether oxygens (including phenoxy) is 1. The molecule has 11 heavy (non-hydrogen) atoms. The summed E-state index contributed by atoms with van der Waals surface area (Å²) in [6.45, 7) is 3.28. The van der Waals surface area contributed by atoms with E-state index in [0.717, 1.165) is 0 Å². The lowest BCUT2D eigenvalue weighted by Gasteiger charge is -2.04. The van der Waals surface area contributed by atoms with Gasteiger partial charge in [0, 0.05) is 6.42 Å². The Labute approximate surface area is 65.8 Å². The summed E-state index contributed by atoms with van der Waals surface area (Å²) in [6, 6.07) is 0. The normalized spacial score (nSPS) is 11.2. The van der Waals surface area contributed by atoms with Crippen molar-refractivity contribution in [3.8, 4) is 0 Å². The highest BCUT2D eigenvalue weighted by Crippen LogP contribution is 2.01. The van der Waals surface area contributed by atoms with Gasteiger partial charge in [-0.05, 0) is 6.92 Å². The summed E-state index contributed by atoms with van der Waals surface area (Å²) in [4.78, 5) is 21.5. The van der Waals surface area contributed by atoms with Gasteiger partial charge in [0.25, 0.3) is 0 Å². The molecule has 1 unspecified atom stereocenters. The first-order valence-corrected chi connectivity index (χ1v) is 3.24. The lowest BCUT2D eigenvalue weighted by molar-refractivity contribution is -0.148. The molecule has 0 rings (SSSR count). The van der Waals surface area contributed by atoms with Gasteiger partial charge in [-0.1, -0.05) is 6.92 Å². The van der Waals surface area contributed by atoms with Crippen molar-refractivity contribution in [2.45, 2.75) is 20.3 Å². The predicted molar refractivity (Wildman–Crippen MR) is 40.1 cm³/mol. The Bertz CT molecular complexity index is 125. The molecule has 0 amide bonds. The van der Waals surface area contributed by atoms with Gasteiger partial charge >= 0.3 is 5.97 Å². The van der Waals surface area contributed by atoms with E-state index >= 15 is 0 Å². The van der Waals surface area contributed by atoms with Gasteiger partial charge in [0.1, 0.15) is 11.7 Å². The number of esters is 1. The Hall–Kier alpha value is -0.900. The zero-order valence-corrected chi connectivity index (χ0v) is 7.01. The Kier molecular flexibility index (Phi) is 6.78. The SMILES string of the molecule is CCC(=O)C(C)C(=O)OC.O. The second-order valence-corrected chi connectivity index (χ2v) is 2.06. The highest BCUT2D eigenvalue weighted by atomic mass is 16.5. The minimum atomic E-state index is -0.602. The fourth-order valence-electron chi connectivity index (χ4n) is 0.614. The van der Waals surface area contributed by atoms with Gasteiger partial charge in [-0.15, -0.1) is 0 Å². The Morgan fingerprint density at radius 2 is 1.91 bits per heavy atom. The number of rotatable bonds is 3. The molecular weight excluding hydrogens is 148 g/mol. The molecule has 0 spiro atoms. The molecule has 0 aliphatic carbocycles. The van der Waals surface area contributed by atoms with Gasteiger partial charge in [0.15, 0.2) is 0 Å². The Morgan fingerprint density at radius 3 is 2.18 bits per heavy atom. The van der Waals surface area contributed by atoms with E-state index in [-0.39, 0.29) is 11.3 Å². The number of carbonyl (C=O) groups excluding carboxylic acids is 2. The molecule has 0 bridgehead atoms. The molecule has 4 nitrogen and oxygen atoms in total. The van der Waals surface area contributed by atoms with Crippen LogP contribution in [-0.2, 0) is 14.3 Å². The minimum Gasteiger partial charge on any atom is -0.468 e. The topological polar surface area (TPSA) is 74.9 Å². The maximum absolute atomic E-state index is 10.8. The summed E-state index contributed by atoms with van der Waals surface area (Å²) in [6.07, 6.45) is 0.385. The molecule has 0 aliphatic heterocycles. The fourth-order valence-corrected chi connectivity index (χ4v) is 0.614. The molecule has 0 saturated heterocycles. The van der Waals surface area contributed by atoms with Gasteiger partial charge in [0.05, 0.1) is 7.11 Å². The maximum Gasteiger partial charge on any atom is 0.315 e. The average molecular weight is 162 g/mol. The number of hydrogen-bond acceptors (Lipinski definition) is 3. The van der Waals surface area contributed by atoms with Gasteiger partial charge in [-0.3, -0.25) is 9.59 Å². The van der Waals surface area contributed by atoms with E-state index in [4.69, 9.17) is 0 Å². The third-order valence-electron chi connectivity index (χ3n) is 1.39. The summed E-state index contributed by atoms with van der Waals surface area (Å²) in [5.74, 6) is -1.13. The lowest BCUT2D eigenvalue weighted by Crippen LogP contribution is -2.21. The molecule has 0 saturated carbocycles. The van der Waals surface area contributed by atoms with E-state index < -0.39 is 11.9 Å². The number of methoxy groups -OCH3 is 1. The van der Waals surface area contributed by atoms with E-state index in [1.165, 1.54) is 7.11 Å². The monoisotopic (exact) mass is 162 g/mol. The van der Waals surface area contributed by atoms with Crippen molar-refractivity contribution in [3.05, 3.63) is 0 Å². The van der Waals surface area contributed by atoms with Crippen LogP contribution in [0.15, 0.2) is 0 Å². The van der Waals surface area contributed by atoms with Crippen molar-refractivity contribution < 1.29 is 19.8 Å². The number of hydrogen-bond donors (Lipinski definition) is 0. The molecule has 0 aromatic carbocycles. The third-order valence-corrected chi connectivity index (χ3v) is 1.39. The van der Waals surface area contributed by atoms with E-state index in [1.54, 1.807) is 13.8 Å². The zero-order chi connectivity index (χ0) is 8.15. The number of carbonyl (C=O) groups is 2. The van der Waals surface area contributed by atoms with E-state index in [1.807, 2.05) is 0 Å². The summed E-state index contributed by atoms with van der Waals surface area (Å²) < 4.78 is 4.38. The fraction of sp³-hybridized carbons (Fsp3) is 0.714. The minimum absolute atomic E-state index is 0. The molecule has 4 heteroatoms. The molecule has 0 heterocycles. The van der Waals surface area contributed by atoms with Crippen LogP contribution >= 0.6 is 0 Å². The predicted octanol–water partition coefficient (Wildman–Crippen LogP) is -0.0501. The Morgan fingerprint density at radius 1 is 1.45 bits per heavy atom. The van der Waals surface area contributed by atoms with Crippen LogP contribution in [0, 0.1) is 5.92 Å². The summed E-state index contributed by atoms with van der Waals surface area (Å²) in [5.41, 5.74) is 0. The maximum atomic E-state index is 10.8. The van der Waals surface area contributed by atoms with Crippen LogP contribution in [0.2, 0.25) is 0 Å². The second-order valence-electron chi connectivity index (χ2n) is 2.06. The van der Waals surface area contributed by atoms with Crippen LogP contribution in [0.4, 0.5) is 0 Å². The van der Waals surface area contributed by atoms with Crippen LogP contribution in [0.3, 0.4) is 0 Å². The van der Waals surface area contributed by atoms with Crippen molar-refractivity contribution >= 4 is 11.8 Å². The molecule has 1 atom stereocenters. The van der Waals surface area contributed by atoms with Gasteiger partial charge in [0.2, 0.25) is 0 Å². The molecule has 0 aromatic rings. The van der Waals surface area contributed by atoms with Crippen molar-refractivity contribution in [2.75, 3.05) is 7.11 Å². The number of ketones is 1. The molecule has 66 valence electrons.